The van der Waals surface area contributed by atoms with Crippen molar-refractivity contribution in [1.29, 1.82) is 0 Å². The van der Waals surface area contributed by atoms with Crippen LogP contribution in [-0.4, -0.2) is 16.6 Å². The second kappa shape index (κ2) is 6.82. The summed E-state index contributed by atoms with van der Waals surface area (Å²) in [5.41, 5.74) is 0. The van der Waals surface area contributed by atoms with Crippen LogP contribution in [0.25, 0.3) is 0 Å². The van der Waals surface area contributed by atoms with Crippen molar-refractivity contribution >= 4 is 23.4 Å². The standard InChI is InChI=1S/C8H14ClF3S/c1-2-3-4-5-6-13-7(9)8(10,11)12/h7H,2-6H2,1H3. The van der Waals surface area contributed by atoms with Crippen LogP contribution in [0, 0.1) is 0 Å². The van der Waals surface area contributed by atoms with Gasteiger partial charge in [0.25, 0.3) is 0 Å². The Morgan fingerprint density at radius 2 is 1.85 bits per heavy atom. The fraction of sp³-hybridized carbons (Fsp3) is 1.00. The zero-order valence-corrected chi connectivity index (χ0v) is 9.11. The average Bonchev–Trinajstić information content (AvgIpc) is 2.02. The van der Waals surface area contributed by atoms with Crippen LogP contribution in [0.5, 0.6) is 0 Å². The van der Waals surface area contributed by atoms with Crippen LogP contribution in [-0.2, 0) is 0 Å². The molecular formula is C8H14ClF3S. The lowest BCUT2D eigenvalue weighted by molar-refractivity contribution is -0.113. The molecule has 80 valence electrons. The maximum atomic E-state index is 11.9. The Kier molecular flexibility index (Phi) is 7.05. The van der Waals surface area contributed by atoms with E-state index in [-0.39, 0.29) is 0 Å². The summed E-state index contributed by atoms with van der Waals surface area (Å²) in [5.74, 6) is 0.494. The first-order valence-electron chi connectivity index (χ1n) is 4.31. The van der Waals surface area contributed by atoms with Crippen LogP contribution >= 0.6 is 23.4 Å². The second-order valence-corrected chi connectivity index (χ2v) is 4.70. The van der Waals surface area contributed by atoms with E-state index in [1.807, 2.05) is 0 Å². The highest BCUT2D eigenvalue weighted by atomic mass is 35.5. The number of thioether (sulfide) groups is 1. The van der Waals surface area contributed by atoms with Gasteiger partial charge < -0.3 is 0 Å². The number of hydrogen-bond acceptors (Lipinski definition) is 1. The van der Waals surface area contributed by atoms with Crippen LogP contribution < -0.4 is 0 Å². The molecule has 0 amide bonds. The second-order valence-electron chi connectivity index (χ2n) is 2.79. The molecule has 0 aromatic carbocycles. The molecule has 0 rings (SSSR count). The molecule has 0 aliphatic carbocycles. The minimum Gasteiger partial charge on any atom is -0.168 e. The van der Waals surface area contributed by atoms with E-state index in [9.17, 15) is 13.2 Å². The van der Waals surface area contributed by atoms with Gasteiger partial charge in [-0.2, -0.15) is 13.2 Å². The maximum Gasteiger partial charge on any atom is 0.413 e. The molecule has 0 radical (unpaired) electrons. The van der Waals surface area contributed by atoms with Gasteiger partial charge in [-0.05, 0) is 12.2 Å². The molecule has 0 nitrogen and oxygen atoms in total. The monoisotopic (exact) mass is 234 g/mol. The molecule has 0 fully saturated rings. The number of rotatable bonds is 6. The predicted molar refractivity (Wildman–Crippen MR) is 52.3 cm³/mol. The summed E-state index contributed by atoms with van der Waals surface area (Å²) in [4.78, 5) is 0. The van der Waals surface area contributed by atoms with E-state index in [0.29, 0.717) is 5.75 Å². The molecule has 1 unspecified atom stereocenters. The smallest absolute Gasteiger partial charge is 0.168 e. The zero-order valence-electron chi connectivity index (χ0n) is 7.53. The van der Waals surface area contributed by atoms with Crippen LogP contribution in [0.1, 0.15) is 32.6 Å². The van der Waals surface area contributed by atoms with Crippen molar-refractivity contribution in [3.63, 3.8) is 0 Å². The highest BCUT2D eigenvalue weighted by Gasteiger charge is 2.38. The minimum absolute atomic E-state index is 0.494. The Morgan fingerprint density at radius 1 is 1.23 bits per heavy atom. The molecule has 0 saturated carbocycles. The molecule has 0 spiro atoms. The van der Waals surface area contributed by atoms with E-state index in [1.54, 1.807) is 0 Å². The van der Waals surface area contributed by atoms with Gasteiger partial charge in [-0.1, -0.05) is 26.2 Å². The fourth-order valence-electron chi connectivity index (χ4n) is 0.810. The highest BCUT2D eigenvalue weighted by molar-refractivity contribution is 8.01. The lowest BCUT2D eigenvalue weighted by Gasteiger charge is -2.12. The molecular weight excluding hydrogens is 221 g/mol. The molecule has 0 saturated heterocycles. The quantitative estimate of drug-likeness (QED) is 0.484. The molecule has 0 aliphatic rings. The van der Waals surface area contributed by atoms with E-state index in [0.717, 1.165) is 37.4 Å². The normalized spacial score (nSPS) is 14.5. The van der Waals surface area contributed by atoms with Crippen molar-refractivity contribution < 1.29 is 13.2 Å². The van der Waals surface area contributed by atoms with Gasteiger partial charge in [-0.15, -0.1) is 23.4 Å². The summed E-state index contributed by atoms with van der Waals surface area (Å²) in [6, 6.07) is 0. The van der Waals surface area contributed by atoms with Crippen LogP contribution in [0.2, 0.25) is 0 Å². The first-order valence-corrected chi connectivity index (χ1v) is 5.79. The summed E-state index contributed by atoms with van der Waals surface area (Å²) in [6.07, 6.45) is -0.284. The lowest BCUT2D eigenvalue weighted by atomic mass is 10.2. The van der Waals surface area contributed by atoms with E-state index < -0.39 is 10.9 Å². The van der Waals surface area contributed by atoms with Gasteiger partial charge in [-0.25, -0.2) is 0 Å². The maximum absolute atomic E-state index is 11.9. The predicted octanol–water partition coefficient (Wildman–Crippen LogP) is 4.43. The van der Waals surface area contributed by atoms with Crippen molar-refractivity contribution in [1.82, 2.24) is 0 Å². The van der Waals surface area contributed by atoms with E-state index in [4.69, 9.17) is 11.6 Å². The zero-order chi connectivity index (χ0) is 10.3. The van der Waals surface area contributed by atoms with E-state index >= 15 is 0 Å². The Morgan fingerprint density at radius 3 is 2.31 bits per heavy atom. The average molecular weight is 235 g/mol. The molecule has 0 bridgehead atoms. The summed E-state index contributed by atoms with van der Waals surface area (Å²) in [7, 11) is 0. The third kappa shape index (κ3) is 7.50. The van der Waals surface area contributed by atoms with Gasteiger partial charge in [0.1, 0.15) is 0 Å². The summed E-state index contributed by atoms with van der Waals surface area (Å²) in [5, 5.41) is 0. The first kappa shape index (κ1) is 13.4. The van der Waals surface area contributed by atoms with Gasteiger partial charge in [0.2, 0.25) is 0 Å². The molecule has 0 aromatic heterocycles. The third-order valence-electron chi connectivity index (χ3n) is 1.52. The molecule has 1 atom stereocenters. The largest absolute Gasteiger partial charge is 0.413 e. The Balaban J connectivity index is 3.32. The highest BCUT2D eigenvalue weighted by Crippen LogP contribution is 2.33. The summed E-state index contributed by atoms with van der Waals surface area (Å²) in [6.45, 7) is 2.06. The Hall–Kier alpha value is 0.430. The van der Waals surface area contributed by atoms with Crippen LogP contribution in [0.4, 0.5) is 13.2 Å². The fourth-order valence-corrected chi connectivity index (χ4v) is 1.84. The topological polar surface area (TPSA) is 0 Å². The van der Waals surface area contributed by atoms with E-state index in [1.165, 1.54) is 0 Å². The molecule has 5 heteroatoms. The van der Waals surface area contributed by atoms with Gasteiger partial charge >= 0.3 is 6.18 Å². The van der Waals surface area contributed by atoms with Crippen LogP contribution in [0.3, 0.4) is 0 Å². The van der Waals surface area contributed by atoms with Crippen molar-refractivity contribution in [3.8, 4) is 0 Å². The van der Waals surface area contributed by atoms with Gasteiger partial charge in [0.05, 0.1) is 0 Å². The summed E-state index contributed by atoms with van der Waals surface area (Å²) >= 11 is 5.88. The summed E-state index contributed by atoms with van der Waals surface area (Å²) < 4.78 is 33.9. The van der Waals surface area contributed by atoms with Crippen molar-refractivity contribution in [2.24, 2.45) is 0 Å². The molecule has 0 aromatic rings. The Bertz CT molecular complexity index is 127. The molecule has 0 aliphatic heterocycles. The number of halogens is 4. The third-order valence-corrected chi connectivity index (χ3v) is 3.23. The SMILES string of the molecule is CCCCCCSC(Cl)C(F)(F)F. The number of alkyl halides is 4. The van der Waals surface area contributed by atoms with Gasteiger partial charge in [-0.3, -0.25) is 0 Å². The Labute approximate surface area is 86.2 Å². The van der Waals surface area contributed by atoms with Crippen molar-refractivity contribution in [3.05, 3.63) is 0 Å². The number of hydrogen-bond donors (Lipinski definition) is 0. The van der Waals surface area contributed by atoms with E-state index in [2.05, 4.69) is 6.92 Å². The molecule has 13 heavy (non-hydrogen) atoms. The van der Waals surface area contributed by atoms with Crippen LogP contribution in [0.15, 0.2) is 0 Å². The van der Waals surface area contributed by atoms with Gasteiger partial charge in [0, 0.05) is 0 Å². The minimum atomic E-state index is -4.27. The number of unbranched alkanes of at least 4 members (excludes halogenated alkanes) is 3. The van der Waals surface area contributed by atoms with Crippen molar-refractivity contribution in [2.45, 2.75) is 43.5 Å². The van der Waals surface area contributed by atoms with Gasteiger partial charge in [0.15, 0.2) is 4.71 Å². The lowest BCUT2D eigenvalue weighted by Crippen LogP contribution is -2.20. The molecule has 0 heterocycles. The first-order chi connectivity index (χ1) is 5.98. The van der Waals surface area contributed by atoms with Crippen molar-refractivity contribution in [2.75, 3.05) is 5.75 Å². The molecule has 0 N–H and O–H groups in total.